The van der Waals surface area contributed by atoms with E-state index < -0.39 is 5.60 Å². The molecule has 0 aliphatic carbocycles. The summed E-state index contributed by atoms with van der Waals surface area (Å²) in [6.45, 7) is 0. The van der Waals surface area contributed by atoms with E-state index >= 15 is 0 Å². The third-order valence-electron chi connectivity index (χ3n) is 2.73. The van der Waals surface area contributed by atoms with Gasteiger partial charge in [-0.15, -0.1) is 0 Å². The number of pyridine rings is 1. The molecule has 90 valence electrons. The van der Waals surface area contributed by atoms with Gasteiger partial charge < -0.3 is 9.47 Å². The average molecular weight is 253 g/mol. The van der Waals surface area contributed by atoms with Crippen LogP contribution in [0.4, 0.5) is 0 Å². The van der Waals surface area contributed by atoms with Crippen molar-refractivity contribution >= 4 is 17.8 Å². The SMILES string of the molecule is COc1cc(Cl)nc(C2(OC)C=CN=CC2)c1. The fourth-order valence-corrected chi connectivity index (χ4v) is 1.93. The summed E-state index contributed by atoms with van der Waals surface area (Å²) in [7, 11) is 3.23. The summed E-state index contributed by atoms with van der Waals surface area (Å²) in [4.78, 5) is 8.33. The minimum atomic E-state index is -0.611. The number of halogens is 1. The summed E-state index contributed by atoms with van der Waals surface area (Å²) >= 11 is 5.96. The molecule has 0 fully saturated rings. The van der Waals surface area contributed by atoms with Gasteiger partial charge in [0.15, 0.2) is 0 Å². The summed E-state index contributed by atoms with van der Waals surface area (Å²) < 4.78 is 10.7. The molecule has 0 N–H and O–H groups in total. The van der Waals surface area contributed by atoms with E-state index in [2.05, 4.69) is 9.98 Å². The Morgan fingerprint density at radius 3 is 2.76 bits per heavy atom. The minimum Gasteiger partial charge on any atom is -0.497 e. The smallest absolute Gasteiger partial charge is 0.134 e. The topological polar surface area (TPSA) is 43.7 Å². The van der Waals surface area contributed by atoms with E-state index in [0.717, 1.165) is 0 Å². The van der Waals surface area contributed by atoms with Gasteiger partial charge in [0, 0.05) is 38.1 Å². The predicted molar refractivity (Wildman–Crippen MR) is 66.7 cm³/mol. The highest BCUT2D eigenvalue weighted by Crippen LogP contribution is 2.33. The average Bonchev–Trinajstić information content (AvgIpc) is 2.38. The van der Waals surface area contributed by atoms with Crippen molar-refractivity contribution in [2.24, 2.45) is 4.99 Å². The molecule has 1 aliphatic heterocycles. The minimum absolute atomic E-state index is 0.381. The first-order valence-electron chi connectivity index (χ1n) is 5.17. The lowest BCUT2D eigenvalue weighted by molar-refractivity contribution is 0.0314. The zero-order valence-electron chi connectivity index (χ0n) is 9.68. The molecule has 2 rings (SSSR count). The molecule has 0 bridgehead atoms. The van der Waals surface area contributed by atoms with Crippen molar-refractivity contribution in [3.63, 3.8) is 0 Å². The summed E-state index contributed by atoms with van der Waals surface area (Å²) in [6.07, 6.45) is 5.97. The van der Waals surface area contributed by atoms with Crippen molar-refractivity contribution in [3.05, 3.63) is 35.3 Å². The number of rotatable bonds is 3. The molecule has 1 unspecified atom stereocenters. The third kappa shape index (κ3) is 2.33. The maximum atomic E-state index is 5.96. The first-order valence-corrected chi connectivity index (χ1v) is 5.54. The monoisotopic (exact) mass is 252 g/mol. The lowest BCUT2D eigenvalue weighted by Crippen LogP contribution is -2.29. The Balaban J connectivity index is 2.47. The highest BCUT2D eigenvalue weighted by Gasteiger charge is 2.32. The van der Waals surface area contributed by atoms with Crippen LogP contribution in [-0.2, 0) is 10.3 Å². The van der Waals surface area contributed by atoms with Crippen LogP contribution in [0.2, 0.25) is 5.15 Å². The number of hydrogen-bond donors (Lipinski definition) is 0. The van der Waals surface area contributed by atoms with E-state index in [1.807, 2.05) is 12.1 Å². The highest BCUT2D eigenvalue weighted by molar-refractivity contribution is 6.29. The predicted octanol–water partition coefficient (Wildman–Crippen LogP) is 2.57. The van der Waals surface area contributed by atoms with Crippen LogP contribution < -0.4 is 4.74 Å². The van der Waals surface area contributed by atoms with Crippen LogP contribution >= 0.6 is 11.6 Å². The van der Waals surface area contributed by atoms with Crippen molar-refractivity contribution in [2.75, 3.05) is 14.2 Å². The van der Waals surface area contributed by atoms with E-state index in [-0.39, 0.29) is 0 Å². The molecule has 17 heavy (non-hydrogen) atoms. The second-order valence-electron chi connectivity index (χ2n) is 3.66. The van der Waals surface area contributed by atoms with Gasteiger partial charge in [0.1, 0.15) is 16.5 Å². The molecule has 0 saturated carbocycles. The van der Waals surface area contributed by atoms with Crippen LogP contribution in [0.5, 0.6) is 5.75 Å². The van der Waals surface area contributed by atoms with E-state index in [1.165, 1.54) is 0 Å². The highest BCUT2D eigenvalue weighted by atomic mass is 35.5. The molecule has 4 nitrogen and oxygen atoms in total. The number of ether oxygens (including phenoxy) is 2. The van der Waals surface area contributed by atoms with Gasteiger partial charge in [-0.05, 0) is 6.08 Å². The van der Waals surface area contributed by atoms with Crippen molar-refractivity contribution in [2.45, 2.75) is 12.0 Å². The van der Waals surface area contributed by atoms with Gasteiger partial charge in [0.05, 0.1) is 12.8 Å². The first kappa shape index (κ1) is 12.1. The maximum absolute atomic E-state index is 5.96. The number of methoxy groups -OCH3 is 2. The second-order valence-corrected chi connectivity index (χ2v) is 4.05. The van der Waals surface area contributed by atoms with Crippen LogP contribution in [0.25, 0.3) is 0 Å². The van der Waals surface area contributed by atoms with E-state index in [0.29, 0.717) is 23.0 Å². The van der Waals surface area contributed by atoms with Gasteiger partial charge in [0.25, 0.3) is 0 Å². The maximum Gasteiger partial charge on any atom is 0.134 e. The normalized spacial score (nSPS) is 22.8. The van der Waals surface area contributed by atoms with Crippen molar-refractivity contribution in [3.8, 4) is 5.75 Å². The number of aliphatic imine (C=N–C) groups is 1. The quantitative estimate of drug-likeness (QED) is 0.777. The van der Waals surface area contributed by atoms with Gasteiger partial charge in [-0.2, -0.15) is 0 Å². The molecular formula is C12H13ClN2O2. The zero-order valence-corrected chi connectivity index (χ0v) is 10.4. The fraction of sp³-hybridized carbons (Fsp3) is 0.333. The Labute approximate surface area is 105 Å². The van der Waals surface area contributed by atoms with E-state index in [9.17, 15) is 0 Å². The largest absolute Gasteiger partial charge is 0.497 e. The van der Waals surface area contributed by atoms with Crippen LogP contribution in [0.3, 0.4) is 0 Å². The van der Waals surface area contributed by atoms with Gasteiger partial charge >= 0.3 is 0 Å². The molecule has 1 atom stereocenters. The Kier molecular flexibility index (Phi) is 3.45. The summed E-state index contributed by atoms with van der Waals surface area (Å²) in [5.41, 5.74) is 0.103. The summed E-state index contributed by atoms with van der Waals surface area (Å²) in [5.74, 6) is 0.660. The Morgan fingerprint density at radius 2 is 2.18 bits per heavy atom. The van der Waals surface area contributed by atoms with Crippen LogP contribution in [0.15, 0.2) is 29.4 Å². The molecule has 0 spiro atoms. The molecule has 0 saturated heterocycles. The molecule has 1 aromatic heterocycles. The first-order chi connectivity index (χ1) is 8.20. The van der Waals surface area contributed by atoms with Crippen LogP contribution in [0, 0.1) is 0 Å². The fourth-order valence-electron chi connectivity index (χ4n) is 1.73. The molecule has 0 aromatic carbocycles. The standard InChI is InChI=1S/C12H13ClN2O2/c1-16-9-7-10(15-11(13)8-9)12(17-2)3-5-14-6-4-12/h3,5-8H,4H2,1-2H3. The summed E-state index contributed by atoms with van der Waals surface area (Å²) in [5, 5.41) is 0.381. The zero-order chi connectivity index (χ0) is 12.3. The van der Waals surface area contributed by atoms with Crippen LogP contribution in [0.1, 0.15) is 12.1 Å². The lowest BCUT2D eigenvalue weighted by atomic mass is 9.93. The van der Waals surface area contributed by atoms with Crippen molar-refractivity contribution in [1.82, 2.24) is 4.98 Å². The summed E-state index contributed by atoms with van der Waals surface area (Å²) in [6, 6.07) is 3.48. The molecule has 0 radical (unpaired) electrons. The Hall–Kier alpha value is -1.39. The molecular weight excluding hydrogens is 240 g/mol. The molecule has 1 aliphatic rings. The van der Waals surface area contributed by atoms with Gasteiger partial charge in [0.2, 0.25) is 0 Å². The lowest BCUT2D eigenvalue weighted by Gasteiger charge is -2.28. The number of aromatic nitrogens is 1. The molecule has 5 heteroatoms. The van der Waals surface area contributed by atoms with Gasteiger partial charge in [-0.25, -0.2) is 4.98 Å². The van der Waals surface area contributed by atoms with Crippen molar-refractivity contribution < 1.29 is 9.47 Å². The van der Waals surface area contributed by atoms with E-state index in [1.54, 1.807) is 32.7 Å². The van der Waals surface area contributed by atoms with Gasteiger partial charge in [-0.1, -0.05) is 11.6 Å². The molecule has 2 heterocycles. The Bertz CT molecular complexity index is 474. The Morgan fingerprint density at radius 1 is 1.35 bits per heavy atom. The number of nitrogens with zero attached hydrogens (tertiary/aromatic N) is 2. The second kappa shape index (κ2) is 4.85. The molecule has 0 amide bonds. The van der Waals surface area contributed by atoms with Crippen LogP contribution in [-0.4, -0.2) is 25.4 Å². The van der Waals surface area contributed by atoms with Crippen molar-refractivity contribution in [1.29, 1.82) is 0 Å². The third-order valence-corrected chi connectivity index (χ3v) is 2.92. The van der Waals surface area contributed by atoms with E-state index in [4.69, 9.17) is 21.1 Å². The number of hydrogen-bond acceptors (Lipinski definition) is 4. The van der Waals surface area contributed by atoms with Gasteiger partial charge in [-0.3, -0.25) is 4.99 Å². The molecule has 1 aromatic rings.